The van der Waals surface area contributed by atoms with Gasteiger partial charge in [0.05, 0.1) is 6.26 Å². The van der Waals surface area contributed by atoms with Crippen molar-refractivity contribution in [3.05, 3.63) is 60.1 Å². The highest BCUT2D eigenvalue weighted by atomic mass is 127. The molecule has 8 heteroatoms. The minimum atomic E-state index is 0. The number of furan rings is 1. The highest BCUT2D eigenvalue weighted by Gasteiger charge is 2.38. The Hall–Kier alpha value is -2.36. The molecule has 2 heterocycles. The quantitative estimate of drug-likeness (QED) is 0.257. The van der Waals surface area contributed by atoms with Gasteiger partial charge in [-0.2, -0.15) is 0 Å². The van der Waals surface area contributed by atoms with Crippen molar-refractivity contribution in [2.24, 2.45) is 4.99 Å². The molecule has 0 saturated heterocycles. The lowest BCUT2D eigenvalue weighted by Gasteiger charge is -2.43. The first kappa shape index (κ1) is 21.4. The number of benzene rings is 1. The second-order valence-corrected chi connectivity index (χ2v) is 7.13. The molecule has 1 aliphatic carbocycles. The van der Waals surface area contributed by atoms with Gasteiger partial charge in [0, 0.05) is 18.5 Å². The SMILES string of the molecule is CCNC(=NCc1nc(-c2ccco2)n[nH]1)NCC1(c2ccccc2)CCC1.I. The van der Waals surface area contributed by atoms with E-state index in [0.717, 1.165) is 19.0 Å². The van der Waals surface area contributed by atoms with Crippen LogP contribution in [0, 0.1) is 0 Å². The molecule has 1 aliphatic rings. The van der Waals surface area contributed by atoms with Crippen molar-refractivity contribution in [3.8, 4) is 11.6 Å². The van der Waals surface area contributed by atoms with Crippen LogP contribution >= 0.6 is 24.0 Å². The lowest BCUT2D eigenvalue weighted by Crippen LogP contribution is -2.48. The molecular weight excluding hydrogens is 479 g/mol. The van der Waals surface area contributed by atoms with E-state index in [1.807, 2.05) is 12.1 Å². The molecule has 0 atom stereocenters. The third-order valence-corrected chi connectivity index (χ3v) is 5.30. The van der Waals surface area contributed by atoms with Crippen LogP contribution in [0.4, 0.5) is 0 Å². The van der Waals surface area contributed by atoms with E-state index >= 15 is 0 Å². The Balaban J connectivity index is 0.00000240. The Kier molecular flexibility index (Phi) is 7.29. The number of aromatic nitrogens is 3. The molecule has 0 unspecified atom stereocenters. The molecule has 0 spiro atoms. The van der Waals surface area contributed by atoms with E-state index in [2.05, 4.69) is 68.1 Å². The molecular formula is C21H27IN6O. The van der Waals surface area contributed by atoms with Crippen LogP contribution in [0.5, 0.6) is 0 Å². The summed E-state index contributed by atoms with van der Waals surface area (Å²) in [6, 6.07) is 14.4. The summed E-state index contributed by atoms with van der Waals surface area (Å²) in [4.78, 5) is 9.11. The zero-order valence-electron chi connectivity index (χ0n) is 16.5. The van der Waals surface area contributed by atoms with E-state index < -0.39 is 0 Å². The van der Waals surface area contributed by atoms with E-state index in [1.165, 1.54) is 24.8 Å². The lowest BCUT2D eigenvalue weighted by atomic mass is 9.64. The van der Waals surface area contributed by atoms with Crippen molar-refractivity contribution in [2.75, 3.05) is 13.1 Å². The maximum Gasteiger partial charge on any atom is 0.216 e. The van der Waals surface area contributed by atoms with Gasteiger partial charge in [-0.25, -0.2) is 9.98 Å². The van der Waals surface area contributed by atoms with Crippen molar-refractivity contribution in [1.82, 2.24) is 25.8 Å². The smallest absolute Gasteiger partial charge is 0.216 e. The molecule has 2 aromatic heterocycles. The second kappa shape index (κ2) is 9.91. The number of hydrogen-bond donors (Lipinski definition) is 3. The largest absolute Gasteiger partial charge is 0.461 e. The number of aromatic amines is 1. The summed E-state index contributed by atoms with van der Waals surface area (Å²) in [5, 5.41) is 14.0. The Morgan fingerprint density at radius 1 is 1.17 bits per heavy atom. The predicted octanol–water partition coefficient (Wildman–Crippen LogP) is 3.86. The molecule has 3 N–H and O–H groups in total. The van der Waals surface area contributed by atoms with Crippen LogP contribution in [0.15, 0.2) is 58.1 Å². The Labute approximate surface area is 187 Å². The number of halogens is 1. The fraction of sp³-hybridized carbons (Fsp3) is 0.381. The van der Waals surface area contributed by atoms with Crippen molar-refractivity contribution >= 4 is 29.9 Å². The first-order valence-corrected chi connectivity index (χ1v) is 9.82. The van der Waals surface area contributed by atoms with Gasteiger partial charge in [0.1, 0.15) is 12.4 Å². The molecule has 154 valence electrons. The van der Waals surface area contributed by atoms with E-state index in [1.54, 1.807) is 6.26 Å². The lowest BCUT2D eigenvalue weighted by molar-refractivity contribution is 0.244. The zero-order chi connectivity index (χ0) is 19.2. The van der Waals surface area contributed by atoms with Crippen LogP contribution in [0.2, 0.25) is 0 Å². The number of hydrogen-bond acceptors (Lipinski definition) is 4. The normalized spacial score (nSPS) is 15.3. The zero-order valence-corrected chi connectivity index (χ0v) is 18.8. The molecule has 4 rings (SSSR count). The van der Waals surface area contributed by atoms with Gasteiger partial charge in [-0.05, 0) is 37.5 Å². The number of aliphatic imine (C=N–C) groups is 1. The van der Waals surface area contributed by atoms with Crippen molar-refractivity contribution in [1.29, 1.82) is 0 Å². The van der Waals surface area contributed by atoms with Gasteiger partial charge < -0.3 is 15.1 Å². The standard InChI is InChI=1S/C21H26N6O.HI/c1-2-22-20(23-14-18-25-19(27-26-18)17-10-6-13-28-17)24-15-21(11-7-12-21)16-8-4-3-5-9-16;/h3-6,8-10,13H,2,7,11-12,14-15H2,1H3,(H2,22,23,24)(H,25,26,27);1H. The molecule has 0 radical (unpaired) electrons. The predicted molar refractivity (Wildman–Crippen MR) is 124 cm³/mol. The van der Waals surface area contributed by atoms with E-state index in [4.69, 9.17) is 4.42 Å². The average molecular weight is 506 g/mol. The topological polar surface area (TPSA) is 91.1 Å². The fourth-order valence-corrected chi connectivity index (χ4v) is 3.59. The van der Waals surface area contributed by atoms with Crippen molar-refractivity contribution in [2.45, 2.75) is 38.1 Å². The van der Waals surface area contributed by atoms with E-state index in [-0.39, 0.29) is 29.4 Å². The van der Waals surface area contributed by atoms with Gasteiger partial charge in [0.25, 0.3) is 0 Å². The summed E-state index contributed by atoms with van der Waals surface area (Å²) in [7, 11) is 0. The fourth-order valence-electron chi connectivity index (χ4n) is 3.59. The molecule has 3 aromatic rings. The van der Waals surface area contributed by atoms with Crippen molar-refractivity contribution in [3.63, 3.8) is 0 Å². The Morgan fingerprint density at radius 2 is 2.00 bits per heavy atom. The molecule has 1 saturated carbocycles. The molecule has 0 bridgehead atoms. The van der Waals surface area contributed by atoms with Gasteiger partial charge in [-0.3, -0.25) is 5.10 Å². The molecule has 1 fully saturated rings. The first-order valence-electron chi connectivity index (χ1n) is 9.82. The maximum absolute atomic E-state index is 5.33. The van der Waals surface area contributed by atoms with Gasteiger partial charge in [0.15, 0.2) is 11.7 Å². The van der Waals surface area contributed by atoms with Gasteiger partial charge in [-0.1, -0.05) is 36.8 Å². The summed E-state index contributed by atoms with van der Waals surface area (Å²) in [5.41, 5.74) is 1.61. The summed E-state index contributed by atoms with van der Waals surface area (Å²) < 4.78 is 5.33. The number of nitrogens with zero attached hydrogens (tertiary/aromatic N) is 3. The minimum absolute atomic E-state index is 0. The number of guanidine groups is 1. The van der Waals surface area contributed by atoms with Crippen LogP contribution in [-0.2, 0) is 12.0 Å². The Bertz CT molecular complexity index is 902. The number of rotatable bonds is 7. The van der Waals surface area contributed by atoms with E-state index in [9.17, 15) is 0 Å². The monoisotopic (exact) mass is 506 g/mol. The van der Waals surface area contributed by atoms with Crippen LogP contribution in [0.25, 0.3) is 11.6 Å². The molecule has 7 nitrogen and oxygen atoms in total. The van der Waals surface area contributed by atoms with Gasteiger partial charge in [-0.15, -0.1) is 29.1 Å². The second-order valence-electron chi connectivity index (χ2n) is 7.13. The molecule has 0 amide bonds. The Morgan fingerprint density at radius 3 is 2.66 bits per heavy atom. The summed E-state index contributed by atoms with van der Waals surface area (Å²) in [6.07, 6.45) is 5.30. The highest BCUT2D eigenvalue weighted by Crippen LogP contribution is 2.43. The van der Waals surface area contributed by atoms with Crippen LogP contribution in [-0.4, -0.2) is 34.2 Å². The third kappa shape index (κ3) is 4.98. The summed E-state index contributed by atoms with van der Waals surface area (Å²) in [6.45, 7) is 4.16. The van der Waals surface area contributed by atoms with Crippen LogP contribution in [0.3, 0.4) is 0 Å². The average Bonchev–Trinajstić information content (AvgIpc) is 3.37. The van der Waals surface area contributed by atoms with E-state index in [0.29, 0.717) is 24.0 Å². The molecule has 0 aliphatic heterocycles. The maximum atomic E-state index is 5.33. The molecule has 29 heavy (non-hydrogen) atoms. The van der Waals surface area contributed by atoms with Crippen molar-refractivity contribution < 1.29 is 4.42 Å². The minimum Gasteiger partial charge on any atom is -0.461 e. The highest BCUT2D eigenvalue weighted by molar-refractivity contribution is 14.0. The third-order valence-electron chi connectivity index (χ3n) is 5.30. The van der Waals surface area contributed by atoms with Gasteiger partial charge in [0.2, 0.25) is 5.82 Å². The van der Waals surface area contributed by atoms with Crippen LogP contribution in [0.1, 0.15) is 37.6 Å². The van der Waals surface area contributed by atoms with Crippen LogP contribution < -0.4 is 10.6 Å². The first-order chi connectivity index (χ1) is 13.8. The molecule has 1 aromatic carbocycles. The number of nitrogens with one attached hydrogen (secondary N) is 3. The summed E-state index contributed by atoms with van der Waals surface area (Å²) >= 11 is 0. The number of H-pyrrole nitrogens is 1. The summed E-state index contributed by atoms with van der Waals surface area (Å²) in [5.74, 6) is 2.68. The van der Waals surface area contributed by atoms with Gasteiger partial charge >= 0.3 is 0 Å².